The first kappa shape index (κ1) is 18.9. The fourth-order valence-corrected chi connectivity index (χ4v) is 4.16. The molecule has 2 aromatic rings. The molecule has 0 aliphatic heterocycles. The fraction of sp³-hybridized carbons (Fsp3) is 0.409. The lowest BCUT2D eigenvalue weighted by molar-refractivity contribution is -0.137. The Bertz CT molecular complexity index is 879. The number of hydrogen-bond donors (Lipinski definition) is 2. The van der Waals surface area contributed by atoms with E-state index in [-0.39, 0.29) is 23.8 Å². The summed E-state index contributed by atoms with van der Waals surface area (Å²) < 4.78 is 36.1. The van der Waals surface area contributed by atoms with Gasteiger partial charge >= 0.3 is 5.97 Å². The molecule has 3 aliphatic rings. The minimum absolute atomic E-state index is 0.00185. The lowest BCUT2D eigenvalue weighted by Gasteiger charge is -2.36. The summed E-state index contributed by atoms with van der Waals surface area (Å²) >= 11 is 0. The molecule has 2 N–H and O–H groups in total. The topological polar surface area (TPSA) is 58.6 Å². The molecule has 0 saturated heterocycles. The van der Waals surface area contributed by atoms with Gasteiger partial charge in [-0.15, -0.1) is 0 Å². The molecule has 0 aromatic heterocycles. The zero-order valence-corrected chi connectivity index (χ0v) is 15.5. The largest absolute Gasteiger partial charge is 0.487 e. The number of rotatable bonds is 8. The van der Waals surface area contributed by atoms with Crippen LogP contribution in [0.2, 0.25) is 0 Å². The van der Waals surface area contributed by atoms with Gasteiger partial charge in [-0.3, -0.25) is 4.79 Å². The Labute approximate surface area is 162 Å². The van der Waals surface area contributed by atoms with Crippen LogP contribution in [0.4, 0.5) is 8.78 Å². The van der Waals surface area contributed by atoms with E-state index in [1.807, 2.05) is 30.3 Å². The van der Waals surface area contributed by atoms with E-state index in [0.29, 0.717) is 29.7 Å². The normalized spacial score (nSPS) is 18.1. The first-order valence-corrected chi connectivity index (χ1v) is 9.80. The van der Waals surface area contributed by atoms with Crippen molar-refractivity contribution >= 4 is 5.97 Å². The summed E-state index contributed by atoms with van der Waals surface area (Å²) in [4.78, 5) is 10.7. The third kappa shape index (κ3) is 3.37. The van der Waals surface area contributed by atoms with Crippen LogP contribution in [0, 0.1) is 11.6 Å². The van der Waals surface area contributed by atoms with Gasteiger partial charge in [0, 0.05) is 23.1 Å². The van der Waals surface area contributed by atoms with E-state index < -0.39 is 23.6 Å². The van der Waals surface area contributed by atoms with E-state index in [1.54, 1.807) is 0 Å². The predicted octanol–water partition coefficient (Wildman–Crippen LogP) is 4.81. The average Bonchev–Trinajstić information content (AvgIpc) is 3.19. The number of fused-ring (bicyclic) bond motifs is 2. The molecule has 6 heteroatoms. The van der Waals surface area contributed by atoms with Gasteiger partial charge in [0.05, 0.1) is 12.1 Å². The van der Waals surface area contributed by atoms with Gasteiger partial charge in [0.1, 0.15) is 5.82 Å². The second kappa shape index (κ2) is 7.87. The molecular formula is C22H23F2NO3. The lowest BCUT2D eigenvalue weighted by atomic mass is 9.78. The number of aliphatic carboxylic acids is 1. The van der Waals surface area contributed by atoms with Crippen molar-refractivity contribution in [3.63, 3.8) is 0 Å². The summed E-state index contributed by atoms with van der Waals surface area (Å²) in [6, 6.07) is 8.60. The van der Waals surface area contributed by atoms with Gasteiger partial charge in [-0.05, 0) is 44.2 Å². The number of carboxylic acids is 1. The maximum absolute atomic E-state index is 15.3. The Hall–Kier alpha value is -2.47. The Morgan fingerprint density at radius 3 is 2.50 bits per heavy atom. The van der Waals surface area contributed by atoms with Crippen LogP contribution >= 0.6 is 0 Å². The molecule has 1 fully saturated rings. The van der Waals surface area contributed by atoms with E-state index in [9.17, 15) is 9.18 Å². The highest BCUT2D eigenvalue weighted by Crippen LogP contribution is 2.52. The molecule has 0 amide bonds. The van der Waals surface area contributed by atoms with E-state index in [4.69, 9.17) is 9.84 Å². The van der Waals surface area contributed by atoms with Crippen LogP contribution in [0.5, 0.6) is 5.75 Å². The molecule has 5 rings (SSSR count). The van der Waals surface area contributed by atoms with Crippen LogP contribution in [0.25, 0.3) is 11.1 Å². The van der Waals surface area contributed by atoms with Gasteiger partial charge in [0.25, 0.3) is 0 Å². The quantitative estimate of drug-likeness (QED) is 0.638. The third-order valence-corrected chi connectivity index (χ3v) is 5.55. The van der Waals surface area contributed by atoms with Crippen molar-refractivity contribution in [3.8, 4) is 16.9 Å². The molecule has 0 spiro atoms. The maximum atomic E-state index is 15.3. The highest BCUT2D eigenvalue weighted by molar-refractivity contribution is 5.80. The van der Waals surface area contributed by atoms with Crippen LogP contribution in [-0.2, 0) is 4.79 Å². The van der Waals surface area contributed by atoms with Crippen molar-refractivity contribution in [1.29, 1.82) is 0 Å². The molecule has 1 atom stereocenters. The second-order valence-electron chi connectivity index (χ2n) is 7.43. The molecule has 2 bridgehead atoms. The number of nitrogens with one attached hydrogen (secondary N) is 1. The molecule has 1 saturated carbocycles. The third-order valence-electron chi connectivity index (χ3n) is 5.55. The molecule has 28 heavy (non-hydrogen) atoms. The smallest absolute Gasteiger partial charge is 0.303 e. The molecule has 0 radical (unpaired) electrons. The van der Waals surface area contributed by atoms with Gasteiger partial charge < -0.3 is 15.2 Å². The van der Waals surface area contributed by atoms with E-state index in [1.165, 1.54) is 0 Å². The summed E-state index contributed by atoms with van der Waals surface area (Å²) in [7, 11) is 0. The maximum Gasteiger partial charge on any atom is 0.303 e. The van der Waals surface area contributed by atoms with Gasteiger partial charge in [0.2, 0.25) is 0 Å². The van der Waals surface area contributed by atoms with Gasteiger partial charge in [0.15, 0.2) is 11.6 Å². The van der Waals surface area contributed by atoms with Crippen molar-refractivity contribution in [1.82, 2.24) is 5.32 Å². The van der Waals surface area contributed by atoms with Crippen LogP contribution in [-0.4, -0.2) is 23.7 Å². The van der Waals surface area contributed by atoms with Crippen LogP contribution < -0.4 is 10.1 Å². The highest BCUT2D eigenvalue weighted by Gasteiger charge is 2.43. The number of carboxylic acid groups (broad SMARTS) is 1. The summed E-state index contributed by atoms with van der Waals surface area (Å²) in [5, 5.41) is 11.9. The average molecular weight is 387 g/mol. The van der Waals surface area contributed by atoms with Crippen molar-refractivity contribution in [2.24, 2.45) is 0 Å². The zero-order chi connectivity index (χ0) is 19.7. The van der Waals surface area contributed by atoms with Crippen molar-refractivity contribution in [3.05, 3.63) is 53.1 Å². The molecule has 3 aliphatic carbocycles. The molecule has 1 unspecified atom stereocenters. The standard InChI is InChI=1S/C22H23F2NO3/c23-19-17-16(13-7-2-1-3-8-13)22(28-14-9-4-5-10-14)20(24)18(19)21(17)25-12-6-11-15(26)27/h1-3,7-8,14,21,25H,4-6,9-12H2,(H,26,27). The van der Waals surface area contributed by atoms with Gasteiger partial charge in [-0.1, -0.05) is 30.3 Å². The summed E-state index contributed by atoms with van der Waals surface area (Å²) in [5.74, 6) is -1.92. The van der Waals surface area contributed by atoms with Gasteiger partial charge in [-0.2, -0.15) is 0 Å². The predicted molar refractivity (Wildman–Crippen MR) is 101 cm³/mol. The number of halogens is 2. The Morgan fingerprint density at radius 1 is 1.11 bits per heavy atom. The van der Waals surface area contributed by atoms with E-state index in [2.05, 4.69) is 5.32 Å². The number of benzene rings is 2. The van der Waals surface area contributed by atoms with E-state index in [0.717, 1.165) is 25.7 Å². The fourth-order valence-electron chi connectivity index (χ4n) is 4.16. The Morgan fingerprint density at radius 2 is 1.82 bits per heavy atom. The van der Waals surface area contributed by atoms with E-state index >= 15 is 4.39 Å². The first-order chi connectivity index (χ1) is 13.6. The van der Waals surface area contributed by atoms with Crippen LogP contribution in [0.3, 0.4) is 0 Å². The molecule has 148 valence electrons. The first-order valence-electron chi connectivity index (χ1n) is 9.80. The molecule has 0 heterocycles. The minimum atomic E-state index is -0.886. The minimum Gasteiger partial charge on any atom is -0.487 e. The summed E-state index contributed by atoms with van der Waals surface area (Å²) in [6.45, 7) is 0.366. The second-order valence-corrected chi connectivity index (χ2v) is 7.43. The Balaban J connectivity index is 1.67. The van der Waals surface area contributed by atoms with Gasteiger partial charge in [-0.25, -0.2) is 8.78 Å². The molecule has 4 nitrogen and oxygen atoms in total. The molecule has 2 aromatic carbocycles. The van der Waals surface area contributed by atoms with Crippen LogP contribution in [0.15, 0.2) is 30.3 Å². The van der Waals surface area contributed by atoms with Crippen LogP contribution in [0.1, 0.15) is 55.7 Å². The zero-order valence-electron chi connectivity index (χ0n) is 15.5. The highest BCUT2D eigenvalue weighted by atomic mass is 19.1. The summed E-state index contributed by atoms with van der Waals surface area (Å²) in [5.41, 5.74) is 1.59. The van der Waals surface area contributed by atoms with Crippen molar-refractivity contribution in [2.45, 2.75) is 50.7 Å². The number of carbonyl (C=O) groups is 1. The lowest BCUT2D eigenvalue weighted by Crippen LogP contribution is -2.35. The van der Waals surface area contributed by atoms with Crippen molar-refractivity contribution < 1.29 is 23.4 Å². The van der Waals surface area contributed by atoms with Crippen molar-refractivity contribution in [2.75, 3.05) is 6.54 Å². The number of hydrogen-bond acceptors (Lipinski definition) is 3. The SMILES string of the molecule is O=C(O)CCCNC1c2c(F)c(OC3CCCC3)c(-c3ccccc3)c1c2F. The monoisotopic (exact) mass is 387 g/mol. The molecular weight excluding hydrogens is 364 g/mol. The number of ether oxygens (including phenoxy) is 1. The Kier molecular flexibility index (Phi) is 5.31. The summed E-state index contributed by atoms with van der Waals surface area (Å²) in [6.07, 6.45) is 4.25.